The first-order chi connectivity index (χ1) is 10.2. The SMILES string of the molecule is CCCn1cc(-c2ccnc(C)n2)c2c1=C(OC)CCC=2. The number of nitrogens with zero attached hydrogens (tertiary/aromatic N) is 3. The highest BCUT2D eigenvalue weighted by atomic mass is 16.5. The zero-order chi connectivity index (χ0) is 14.8. The van der Waals surface area contributed by atoms with Crippen LogP contribution >= 0.6 is 0 Å². The first kappa shape index (κ1) is 13.9. The fraction of sp³-hybridized carbons (Fsp3) is 0.412. The van der Waals surface area contributed by atoms with Gasteiger partial charge in [-0.25, -0.2) is 9.97 Å². The lowest BCUT2D eigenvalue weighted by Crippen LogP contribution is -2.35. The van der Waals surface area contributed by atoms with Crippen LogP contribution in [0, 0.1) is 6.92 Å². The number of methoxy groups -OCH3 is 1. The van der Waals surface area contributed by atoms with Gasteiger partial charge in [0.05, 0.1) is 18.2 Å². The molecule has 0 aliphatic heterocycles. The van der Waals surface area contributed by atoms with Gasteiger partial charge >= 0.3 is 0 Å². The fourth-order valence-corrected chi connectivity index (χ4v) is 2.98. The van der Waals surface area contributed by atoms with Crippen molar-refractivity contribution in [2.24, 2.45) is 0 Å². The van der Waals surface area contributed by atoms with Gasteiger partial charge in [-0.15, -0.1) is 0 Å². The Morgan fingerprint density at radius 1 is 1.38 bits per heavy atom. The third kappa shape index (κ3) is 2.46. The molecule has 0 bridgehead atoms. The molecule has 0 radical (unpaired) electrons. The van der Waals surface area contributed by atoms with Crippen LogP contribution in [0.3, 0.4) is 0 Å². The highest BCUT2D eigenvalue weighted by Crippen LogP contribution is 2.16. The lowest BCUT2D eigenvalue weighted by Gasteiger charge is -2.10. The number of aromatic nitrogens is 3. The lowest BCUT2D eigenvalue weighted by molar-refractivity contribution is 0.344. The summed E-state index contributed by atoms with van der Waals surface area (Å²) in [5.74, 6) is 1.88. The number of fused-ring (bicyclic) bond motifs is 1. The van der Waals surface area contributed by atoms with E-state index < -0.39 is 0 Å². The molecular weight excluding hydrogens is 262 g/mol. The van der Waals surface area contributed by atoms with Crippen molar-refractivity contribution in [3.8, 4) is 11.3 Å². The molecule has 0 saturated heterocycles. The average molecular weight is 283 g/mol. The molecule has 21 heavy (non-hydrogen) atoms. The average Bonchev–Trinajstić information content (AvgIpc) is 2.87. The van der Waals surface area contributed by atoms with Crippen LogP contribution in [0.25, 0.3) is 23.1 Å². The van der Waals surface area contributed by atoms with Gasteiger partial charge < -0.3 is 9.30 Å². The van der Waals surface area contributed by atoms with Crippen LogP contribution in [-0.4, -0.2) is 21.6 Å². The normalized spacial score (nSPS) is 13.8. The van der Waals surface area contributed by atoms with E-state index in [1.807, 2.05) is 19.2 Å². The third-order valence-electron chi connectivity index (χ3n) is 3.86. The van der Waals surface area contributed by atoms with Gasteiger partial charge in [-0.1, -0.05) is 13.0 Å². The van der Waals surface area contributed by atoms with Gasteiger partial charge in [-0.2, -0.15) is 0 Å². The lowest BCUT2D eigenvalue weighted by atomic mass is 10.1. The van der Waals surface area contributed by atoms with Crippen LogP contribution in [0.1, 0.15) is 32.0 Å². The summed E-state index contributed by atoms with van der Waals surface area (Å²) in [6.07, 6.45) is 9.42. The van der Waals surface area contributed by atoms with Crippen molar-refractivity contribution in [3.05, 3.63) is 34.9 Å². The first-order valence-electron chi connectivity index (χ1n) is 7.51. The summed E-state index contributed by atoms with van der Waals surface area (Å²) in [5, 5.41) is 2.47. The van der Waals surface area contributed by atoms with Crippen molar-refractivity contribution in [2.75, 3.05) is 7.11 Å². The minimum absolute atomic E-state index is 0.802. The van der Waals surface area contributed by atoms with Crippen molar-refractivity contribution in [2.45, 2.75) is 39.7 Å². The van der Waals surface area contributed by atoms with Crippen LogP contribution in [0.5, 0.6) is 0 Å². The molecule has 2 heterocycles. The number of rotatable bonds is 4. The van der Waals surface area contributed by atoms with Gasteiger partial charge in [0.2, 0.25) is 0 Å². The molecule has 1 aliphatic rings. The van der Waals surface area contributed by atoms with Gasteiger partial charge in [0, 0.05) is 36.1 Å². The molecule has 4 heteroatoms. The Kier molecular flexibility index (Phi) is 3.78. The monoisotopic (exact) mass is 283 g/mol. The summed E-state index contributed by atoms with van der Waals surface area (Å²) in [6, 6.07) is 1.98. The van der Waals surface area contributed by atoms with Crippen LogP contribution in [0.2, 0.25) is 0 Å². The van der Waals surface area contributed by atoms with E-state index in [-0.39, 0.29) is 0 Å². The summed E-state index contributed by atoms with van der Waals surface area (Å²) < 4.78 is 7.92. The zero-order valence-electron chi connectivity index (χ0n) is 12.9. The Morgan fingerprint density at radius 3 is 2.95 bits per heavy atom. The molecular formula is C17H21N3O. The van der Waals surface area contributed by atoms with E-state index in [1.165, 1.54) is 16.1 Å². The quantitative estimate of drug-likeness (QED) is 0.861. The zero-order valence-corrected chi connectivity index (χ0v) is 12.9. The Labute approximate surface area is 124 Å². The van der Waals surface area contributed by atoms with Crippen LogP contribution in [0.4, 0.5) is 0 Å². The minimum Gasteiger partial charge on any atom is -0.499 e. The maximum Gasteiger partial charge on any atom is 0.125 e. The summed E-state index contributed by atoms with van der Waals surface area (Å²) in [6.45, 7) is 5.11. The Hall–Kier alpha value is -2.10. The van der Waals surface area contributed by atoms with Crippen LogP contribution < -0.4 is 10.6 Å². The van der Waals surface area contributed by atoms with Crippen molar-refractivity contribution < 1.29 is 4.74 Å². The highest BCUT2D eigenvalue weighted by Gasteiger charge is 2.15. The third-order valence-corrected chi connectivity index (χ3v) is 3.86. The molecule has 0 spiro atoms. The van der Waals surface area contributed by atoms with Gasteiger partial charge in [0.15, 0.2) is 0 Å². The van der Waals surface area contributed by atoms with Gasteiger partial charge in [0.1, 0.15) is 11.6 Å². The molecule has 2 aromatic rings. The maximum atomic E-state index is 5.62. The Morgan fingerprint density at radius 2 is 2.24 bits per heavy atom. The van der Waals surface area contributed by atoms with Gasteiger partial charge in [-0.05, 0) is 25.8 Å². The Balaban J connectivity index is 2.30. The van der Waals surface area contributed by atoms with E-state index in [0.717, 1.165) is 43.1 Å². The predicted octanol–water partition coefficient (Wildman–Crippen LogP) is 1.99. The highest BCUT2D eigenvalue weighted by molar-refractivity contribution is 5.63. The molecule has 110 valence electrons. The molecule has 2 aromatic heterocycles. The molecule has 0 unspecified atom stereocenters. The summed E-state index contributed by atoms with van der Waals surface area (Å²) in [5.41, 5.74) is 2.17. The summed E-state index contributed by atoms with van der Waals surface area (Å²) in [7, 11) is 1.77. The van der Waals surface area contributed by atoms with Crippen molar-refractivity contribution in [3.63, 3.8) is 0 Å². The number of hydrogen-bond donors (Lipinski definition) is 0. The van der Waals surface area contributed by atoms with E-state index in [2.05, 4.69) is 33.7 Å². The van der Waals surface area contributed by atoms with E-state index in [4.69, 9.17) is 4.74 Å². The van der Waals surface area contributed by atoms with Gasteiger partial charge in [-0.3, -0.25) is 0 Å². The largest absolute Gasteiger partial charge is 0.499 e. The molecule has 1 aliphatic carbocycles. The van der Waals surface area contributed by atoms with Crippen molar-refractivity contribution >= 4 is 11.8 Å². The number of aryl methyl sites for hydroxylation is 2. The summed E-state index contributed by atoms with van der Waals surface area (Å²) in [4.78, 5) is 8.77. The van der Waals surface area contributed by atoms with Gasteiger partial charge in [0.25, 0.3) is 0 Å². The van der Waals surface area contributed by atoms with Crippen molar-refractivity contribution in [1.29, 1.82) is 0 Å². The number of hydrogen-bond acceptors (Lipinski definition) is 3. The molecule has 0 N–H and O–H groups in total. The fourth-order valence-electron chi connectivity index (χ4n) is 2.98. The second kappa shape index (κ2) is 5.72. The second-order valence-corrected chi connectivity index (χ2v) is 5.36. The topological polar surface area (TPSA) is 39.9 Å². The van der Waals surface area contributed by atoms with E-state index >= 15 is 0 Å². The molecule has 0 amide bonds. The van der Waals surface area contributed by atoms with Crippen LogP contribution in [-0.2, 0) is 11.3 Å². The van der Waals surface area contributed by atoms with E-state index in [1.54, 1.807) is 7.11 Å². The summed E-state index contributed by atoms with van der Waals surface area (Å²) >= 11 is 0. The van der Waals surface area contributed by atoms with E-state index in [9.17, 15) is 0 Å². The molecule has 0 atom stereocenters. The standard InChI is InChI=1S/C17H21N3O/c1-4-10-20-11-14(15-8-9-18-12(2)19-15)13-6-5-7-16(21-3)17(13)20/h6,8-9,11H,4-5,7,10H2,1-3H3. The minimum atomic E-state index is 0.802. The first-order valence-corrected chi connectivity index (χ1v) is 7.51. The maximum absolute atomic E-state index is 5.62. The number of ether oxygens (including phenoxy) is 1. The molecule has 0 aromatic carbocycles. The molecule has 0 fully saturated rings. The van der Waals surface area contributed by atoms with Crippen LogP contribution in [0.15, 0.2) is 18.5 Å². The second-order valence-electron chi connectivity index (χ2n) is 5.36. The molecule has 0 saturated carbocycles. The smallest absolute Gasteiger partial charge is 0.125 e. The Bertz CT molecular complexity index is 774. The van der Waals surface area contributed by atoms with Crippen molar-refractivity contribution in [1.82, 2.24) is 14.5 Å². The molecule has 4 nitrogen and oxygen atoms in total. The van der Waals surface area contributed by atoms with E-state index in [0.29, 0.717) is 0 Å². The predicted molar refractivity (Wildman–Crippen MR) is 83.9 cm³/mol. The molecule has 3 rings (SSSR count).